The smallest absolute Gasteiger partial charge is 0.329 e. The van der Waals surface area contributed by atoms with Crippen LogP contribution in [0.25, 0.3) is 6.08 Å². The highest BCUT2D eigenvalue weighted by atomic mass is 32.2. The highest BCUT2D eigenvalue weighted by molar-refractivity contribution is 8.26. The van der Waals surface area contributed by atoms with Crippen molar-refractivity contribution >= 4 is 46.3 Å². The number of aliphatic hydroxyl groups excluding tert-OH is 1. The monoisotopic (exact) mass is 327 g/mol. The van der Waals surface area contributed by atoms with Crippen LogP contribution in [0.4, 0.5) is 4.39 Å². The van der Waals surface area contributed by atoms with E-state index in [0.29, 0.717) is 0 Å². The standard InChI is InChI=1S/C13H10FNO4S2/c14-8-4-2-1-3-7(8)5-10-11(17)15(13(20)21-10)9(6-16)12(18)19/h1-5,9,16H,6H2,(H,18,19)/b10-5-/t9-/m0/s1. The van der Waals surface area contributed by atoms with Gasteiger partial charge in [0.15, 0.2) is 6.04 Å². The van der Waals surface area contributed by atoms with Crippen molar-refractivity contribution in [1.29, 1.82) is 0 Å². The second kappa shape index (κ2) is 6.33. The van der Waals surface area contributed by atoms with E-state index < -0.39 is 30.3 Å². The molecule has 1 saturated heterocycles. The van der Waals surface area contributed by atoms with Crippen LogP contribution in [-0.2, 0) is 9.59 Å². The molecule has 1 amide bonds. The summed E-state index contributed by atoms with van der Waals surface area (Å²) in [5, 5.41) is 18.1. The minimum absolute atomic E-state index is 0.0176. The highest BCUT2D eigenvalue weighted by Gasteiger charge is 2.40. The van der Waals surface area contributed by atoms with E-state index in [1.54, 1.807) is 6.07 Å². The van der Waals surface area contributed by atoms with Crippen molar-refractivity contribution in [2.45, 2.75) is 6.04 Å². The van der Waals surface area contributed by atoms with E-state index in [4.69, 9.17) is 22.4 Å². The molecule has 1 aromatic carbocycles. The lowest BCUT2D eigenvalue weighted by atomic mass is 10.2. The van der Waals surface area contributed by atoms with Crippen LogP contribution in [0.2, 0.25) is 0 Å². The van der Waals surface area contributed by atoms with Gasteiger partial charge in [0, 0.05) is 5.56 Å². The van der Waals surface area contributed by atoms with E-state index in [1.165, 1.54) is 24.3 Å². The topological polar surface area (TPSA) is 77.8 Å². The van der Waals surface area contributed by atoms with Gasteiger partial charge in [0.1, 0.15) is 10.1 Å². The maximum Gasteiger partial charge on any atom is 0.329 e. The number of carboxylic acid groups (broad SMARTS) is 1. The second-order valence-corrected chi connectivity index (χ2v) is 5.79. The molecule has 1 aromatic rings. The van der Waals surface area contributed by atoms with Crippen LogP contribution in [-0.4, -0.2) is 44.0 Å². The Balaban J connectivity index is 2.34. The number of thioether (sulfide) groups is 1. The maximum atomic E-state index is 13.6. The molecule has 0 saturated carbocycles. The molecule has 110 valence electrons. The maximum absolute atomic E-state index is 13.6. The molecule has 1 aliphatic heterocycles. The average Bonchev–Trinajstić information content (AvgIpc) is 2.70. The molecule has 0 unspecified atom stereocenters. The summed E-state index contributed by atoms with van der Waals surface area (Å²) in [5.74, 6) is -2.52. The van der Waals surface area contributed by atoms with E-state index in [1.807, 2.05) is 0 Å². The normalized spacial score (nSPS) is 18.4. The van der Waals surface area contributed by atoms with E-state index >= 15 is 0 Å². The van der Waals surface area contributed by atoms with Crippen molar-refractivity contribution in [2.24, 2.45) is 0 Å². The molecule has 5 nitrogen and oxygen atoms in total. The number of carbonyl (C=O) groups is 2. The fourth-order valence-corrected chi connectivity index (χ4v) is 3.10. The van der Waals surface area contributed by atoms with Gasteiger partial charge in [-0.2, -0.15) is 0 Å². The molecule has 0 spiro atoms. The van der Waals surface area contributed by atoms with Crippen molar-refractivity contribution in [3.8, 4) is 0 Å². The van der Waals surface area contributed by atoms with Crippen LogP contribution in [0.1, 0.15) is 5.56 Å². The number of nitrogens with zero attached hydrogens (tertiary/aromatic N) is 1. The predicted molar refractivity (Wildman–Crippen MR) is 79.9 cm³/mol. The molecular weight excluding hydrogens is 317 g/mol. The first kappa shape index (κ1) is 15.6. The van der Waals surface area contributed by atoms with Crippen LogP contribution in [0.3, 0.4) is 0 Å². The summed E-state index contributed by atoms with van der Waals surface area (Å²) in [4.78, 5) is 24.2. The number of aliphatic carboxylic acids is 1. The van der Waals surface area contributed by atoms with Gasteiger partial charge in [-0.1, -0.05) is 42.2 Å². The lowest BCUT2D eigenvalue weighted by Crippen LogP contribution is -2.46. The number of benzene rings is 1. The predicted octanol–water partition coefficient (Wildman–Crippen LogP) is 1.47. The Morgan fingerprint density at radius 1 is 1.48 bits per heavy atom. The summed E-state index contributed by atoms with van der Waals surface area (Å²) < 4.78 is 13.6. The molecule has 2 rings (SSSR count). The van der Waals surface area contributed by atoms with Crippen molar-refractivity contribution in [3.63, 3.8) is 0 Å². The van der Waals surface area contributed by atoms with Gasteiger partial charge in [0.25, 0.3) is 5.91 Å². The molecular formula is C13H10FNO4S2. The Morgan fingerprint density at radius 3 is 2.71 bits per heavy atom. The molecule has 0 aliphatic carbocycles. The van der Waals surface area contributed by atoms with Gasteiger partial charge in [-0.25, -0.2) is 9.18 Å². The van der Waals surface area contributed by atoms with E-state index in [0.717, 1.165) is 16.7 Å². The Kier molecular flexibility index (Phi) is 4.71. The van der Waals surface area contributed by atoms with E-state index in [2.05, 4.69) is 0 Å². The third-order valence-electron chi connectivity index (χ3n) is 2.79. The third-order valence-corrected chi connectivity index (χ3v) is 4.12. The third kappa shape index (κ3) is 3.12. The highest BCUT2D eigenvalue weighted by Crippen LogP contribution is 2.34. The second-order valence-electron chi connectivity index (χ2n) is 4.11. The van der Waals surface area contributed by atoms with Crippen molar-refractivity contribution < 1.29 is 24.2 Å². The zero-order valence-electron chi connectivity index (χ0n) is 10.5. The summed E-state index contributed by atoms with van der Waals surface area (Å²) in [7, 11) is 0. The zero-order chi connectivity index (χ0) is 15.6. The molecule has 0 aromatic heterocycles. The summed E-state index contributed by atoms with van der Waals surface area (Å²) in [6.45, 7) is -0.755. The van der Waals surface area contributed by atoms with Crippen molar-refractivity contribution in [1.82, 2.24) is 4.90 Å². The number of hydrogen-bond acceptors (Lipinski definition) is 5. The number of aliphatic hydroxyl groups is 1. The molecule has 1 fully saturated rings. The lowest BCUT2D eigenvalue weighted by molar-refractivity contribution is -0.146. The van der Waals surface area contributed by atoms with Gasteiger partial charge in [0.05, 0.1) is 11.5 Å². The molecule has 8 heteroatoms. The molecule has 0 bridgehead atoms. The van der Waals surface area contributed by atoms with Crippen molar-refractivity contribution in [2.75, 3.05) is 6.61 Å². The quantitative estimate of drug-likeness (QED) is 0.644. The van der Waals surface area contributed by atoms with E-state index in [-0.39, 0.29) is 14.8 Å². The molecule has 0 radical (unpaired) electrons. The van der Waals surface area contributed by atoms with Gasteiger partial charge in [-0.05, 0) is 12.1 Å². The van der Waals surface area contributed by atoms with Gasteiger partial charge in [-0.3, -0.25) is 9.69 Å². The average molecular weight is 327 g/mol. The first-order chi connectivity index (χ1) is 9.95. The molecule has 1 aliphatic rings. The Morgan fingerprint density at radius 2 is 2.14 bits per heavy atom. The molecule has 21 heavy (non-hydrogen) atoms. The SMILES string of the molecule is O=C(O)[C@H](CO)N1C(=O)/C(=C/c2ccccc2F)SC1=S. The van der Waals surface area contributed by atoms with Crippen LogP contribution in [0.15, 0.2) is 29.2 Å². The van der Waals surface area contributed by atoms with Gasteiger partial charge in [-0.15, -0.1) is 0 Å². The number of carboxylic acids is 1. The fourth-order valence-electron chi connectivity index (χ4n) is 1.75. The Hall–Kier alpha value is -1.77. The molecule has 1 heterocycles. The van der Waals surface area contributed by atoms with Gasteiger partial charge < -0.3 is 10.2 Å². The number of thiocarbonyl (C=S) groups is 1. The number of hydrogen-bond donors (Lipinski definition) is 2. The van der Waals surface area contributed by atoms with Crippen LogP contribution in [0.5, 0.6) is 0 Å². The summed E-state index contributed by atoms with van der Waals surface area (Å²) in [6.07, 6.45) is 1.31. The largest absolute Gasteiger partial charge is 0.480 e. The Labute approximate surface area is 129 Å². The summed E-state index contributed by atoms with van der Waals surface area (Å²) in [6, 6.07) is 4.43. The zero-order valence-corrected chi connectivity index (χ0v) is 12.2. The first-order valence-electron chi connectivity index (χ1n) is 5.81. The first-order valence-corrected chi connectivity index (χ1v) is 7.03. The van der Waals surface area contributed by atoms with Gasteiger partial charge in [0.2, 0.25) is 0 Å². The van der Waals surface area contributed by atoms with Crippen LogP contribution in [0, 0.1) is 5.82 Å². The summed E-state index contributed by atoms with van der Waals surface area (Å²) in [5.41, 5.74) is 0.203. The van der Waals surface area contributed by atoms with Crippen molar-refractivity contribution in [3.05, 3.63) is 40.6 Å². The van der Waals surface area contributed by atoms with E-state index in [9.17, 15) is 14.0 Å². The number of carbonyl (C=O) groups excluding carboxylic acids is 1. The number of amides is 1. The number of rotatable bonds is 4. The molecule has 1 atom stereocenters. The molecule has 2 N–H and O–H groups in total. The number of halogens is 1. The fraction of sp³-hybridized carbons (Fsp3) is 0.154. The van der Waals surface area contributed by atoms with Gasteiger partial charge >= 0.3 is 5.97 Å². The minimum Gasteiger partial charge on any atom is -0.480 e. The van der Waals surface area contributed by atoms with Crippen LogP contribution >= 0.6 is 24.0 Å². The summed E-state index contributed by atoms with van der Waals surface area (Å²) >= 11 is 5.84. The minimum atomic E-state index is -1.44. The lowest BCUT2D eigenvalue weighted by Gasteiger charge is -2.20. The Bertz CT molecular complexity index is 647. The van der Waals surface area contributed by atoms with Crippen LogP contribution < -0.4 is 0 Å².